The molecule has 4 rings (SSSR count). The van der Waals surface area contributed by atoms with Gasteiger partial charge in [0.05, 0.1) is 29.3 Å². The van der Waals surface area contributed by atoms with Crippen molar-refractivity contribution in [1.82, 2.24) is 10.3 Å². The van der Waals surface area contributed by atoms with Gasteiger partial charge < -0.3 is 22.1 Å². The Morgan fingerprint density at radius 1 is 0.829 bits per heavy atom. The van der Waals surface area contributed by atoms with Gasteiger partial charge in [-0.15, -0.1) is 0 Å². The number of fused-ring (bicyclic) bond motifs is 2. The van der Waals surface area contributed by atoms with E-state index in [1.54, 1.807) is 0 Å². The van der Waals surface area contributed by atoms with E-state index in [4.69, 9.17) is 16.5 Å². The molecule has 0 fully saturated rings. The predicted molar refractivity (Wildman–Crippen MR) is 141 cm³/mol. The molecule has 1 unspecified atom stereocenters. The van der Waals surface area contributed by atoms with Gasteiger partial charge in [0, 0.05) is 22.1 Å². The number of imide groups is 1. The summed E-state index contributed by atoms with van der Waals surface area (Å²) in [4.78, 5) is 28.9. The molecular weight excluding hydrogens is 440 g/mol. The van der Waals surface area contributed by atoms with Crippen LogP contribution >= 0.6 is 0 Å². The highest BCUT2D eigenvalue weighted by atomic mass is 16.2. The van der Waals surface area contributed by atoms with Gasteiger partial charge in [-0.2, -0.15) is 0 Å². The number of aromatic nitrogens is 1. The van der Waals surface area contributed by atoms with Crippen molar-refractivity contribution in [3.8, 4) is 0 Å². The number of unbranched alkanes of at least 4 members (excludes halogenated alkanes) is 1. The van der Waals surface area contributed by atoms with Gasteiger partial charge in [-0.05, 0) is 55.8 Å². The minimum atomic E-state index is -0.712. The van der Waals surface area contributed by atoms with Crippen LogP contribution in [0.3, 0.4) is 0 Å². The van der Waals surface area contributed by atoms with Crippen molar-refractivity contribution >= 4 is 50.7 Å². The topological polar surface area (TPSA) is 135 Å². The number of pyridine rings is 1. The second-order valence-corrected chi connectivity index (χ2v) is 8.38. The summed E-state index contributed by atoms with van der Waals surface area (Å²) in [6.45, 7) is 0.523. The molecule has 0 radical (unpaired) electrons. The van der Waals surface area contributed by atoms with Crippen molar-refractivity contribution < 1.29 is 9.59 Å². The van der Waals surface area contributed by atoms with E-state index >= 15 is 0 Å². The summed E-state index contributed by atoms with van der Waals surface area (Å²) in [6, 6.07) is 23.0. The molecule has 1 heterocycles. The number of anilines is 3. The SMILES string of the molecule is NCCCCC(N)C(=O)NC(=O)CNc1ccc(Nc2c3ccccc3nc3ccccc23)cc1. The van der Waals surface area contributed by atoms with E-state index in [1.165, 1.54) is 0 Å². The lowest BCUT2D eigenvalue weighted by Crippen LogP contribution is -2.45. The first kappa shape index (κ1) is 24.1. The fourth-order valence-electron chi connectivity index (χ4n) is 3.89. The number of nitrogens with two attached hydrogens (primary N) is 2. The number of hydrogen-bond donors (Lipinski definition) is 5. The van der Waals surface area contributed by atoms with E-state index in [1.807, 2.05) is 60.7 Å². The minimum Gasteiger partial charge on any atom is -0.376 e. The van der Waals surface area contributed by atoms with Crippen molar-refractivity contribution in [2.75, 3.05) is 23.7 Å². The van der Waals surface area contributed by atoms with Gasteiger partial charge in [0.1, 0.15) is 0 Å². The number of carbonyl (C=O) groups excluding carboxylic acids is 2. The second-order valence-electron chi connectivity index (χ2n) is 8.38. The number of nitrogens with zero attached hydrogens (tertiary/aromatic N) is 1. The number of carbonyl (C=O) groups is 2. The Labute approximate surface area is 204 Å². The standard InChI is InChI=1S/C27H30N6O2/c28-16-6-5-9-22(29)27(35)33-25(34)17-30-18-12-14-19(15-13-18)31-26-20-7-1-3-10-23(20)32-24-11-4-2-8-21(24)26/h1-4,7-8,10-15,22,30H,5-6,9,16-17,28-29H2,(H,31,32)(H,33,34,35). The average molecular weight is 471 g/mol. The first-order valence-electron chi connectivity index (χ1n) is 11.7. The molecule has 1 aromatic heterocycles. The number of amides is 2. The fraction of sp³-hybridized carbons (Fsp3) is 0.222. The van der Waals surface area contributed by atoms with Crippen LogP contribution in [0.15, 0.2) is 72.8 Å². The van der Waals surface area contributed by atoms with Crippen LogP contribution < -0.4 is 27.4 Å². The molecule has 0 aliphatic carbocycles. The molecule has 0 aliphatic heterocycles. The Morgan fingerprint density at radius 3 is 2.06 bits per heavy atom. The van der Waals surface area contributed by atoms with Crippen molar-refractivity contribution in [3.05, 3.63) is 72.8 Å². The Bertz CT molecular complexity index is 1270. The van der Waals surface area contributed by atoms with Crippen LogP contribution in [0.25, 0.3) is 21.8 Å². The molecule has 2 amide bonds. The Balaban J connectivity index is 1.38. The highest BCUT2D eigenvalue weighted by Crippen LogP contribution is 2.33. The summed E-state index contributed by atoms with van der Waals surface area (Å²) in [5.74, 6) is -0.897. The maximum absolute atomic E-state index is 12.1. The van der Waals surface area contributed by atoms with Crippen molar-refractivity contribution in [1.29, 1.82) is 0 Å². The molecule has 0 aliphatic rings. The highest BCUT2D eigenvalue weighted by molar-refractivity contribution is 6.08. The third-order valence-electron chi connectivity index (χ3n) is 5.76. The van der Waals surface area contributed by atoms with Crippen LogP contribution in [0.5, 0.6) is 0 Å². The van der Waals surface area contributed by atoms with Gasteiger partial charge in [0.25, 0.3) is 0 Å². The largest absolute Gasteiger partial charge is 0.376 e. The van der Waals surface area contributed by atoms with Gasteiger partial charge >= 0.3 is 0 Å². The van der Waals surface area contributed by atoms with Gasteiger partial charge in [0.15, 0.2) is 0 Å². The third-order valence-corrected chi connectivity index (χ3v) is 5.76. The normalized spacial score (nSPS) is 11.8. The zero-order chi connectivity index (χ0) is 24.6. The number of nitrogens with one attached hydrogen (secondary N) is 3. The quantitative estimate of drug-likeness (QED) is 0.176. The predicted octanol–water partition coefficient (Wildman–Crippen LogP) is 3.64. The first-order chi connectivity index (χ1) is 17.0. The van der Waals surface area contributed by atoms with Crippen LogP contribution in [0.4, 0.5) is 17.1 Å². The minimum absolute atomic E-state index is 0.0341. The summed E-state index contributed by atoms with van der Waals surface area (Å²) in [7, 11) is 0. The van der Waals surface area contributed by atoms with E-state index in [9.17, 15) is 9.59 Å². The Hall–Kier alpha value is -4.01. The van der Waals surface area contributed by atoms with Crippen molar-refractivity contribution in [3.63, 3.8) is 0 Å². The maximum Gasteiger partial charge on any atom is 0.245 e. The lowest BCUT2D eigenvalue weighted by atomic mass is 10.1. The summed E-state index contributed by atoms with van der Waals surface area (Å²) in [5.41, 5.74) is 15.8. The monoisotopic (exact) mass is 470 g/mol. The zero-order valence-electron chi connectivity index (χ0n) is 19.5. The van der Waals surface area contributed by atoms with Gasteiger partial charge in [0.2, 0.25) is 11.8 Å². The number of benzene rings is 3. The van der Waals surface area contributed by atoms with Crippen LogP contribution in [-0.4, -0.2) is 35.9 Å². The fourth-order valence-corrected chi connectivity index (χ4v) is 3.89. The van der Waals surface area contributed by atoms with E-state index < -0.39 is 17.9 Å². The Kier molecular flexibility index (Phi) is 7.87. The molecule has 7 N–H and O–H groups in total. The molecule has 0 spiro atoms. The van der Waals surface area contributed by atoms with Gasteiger partial charge in [-0.1, -0.05) is 42.8 Å². The smallest absolute Gasteiger partial charge is 0.245 e. The first-order valence-corrected chi connectivity index (χ1v) is 11.7. The highest BCUT2D eigenvalue weighted by Gasteiger charge is 2.15. The van der Waals surface area contributed by atoms with E-state index in [2.05, 4.69) is 28.1 Å². The zero-order valence-corrected chi connectivity index (χ0v) is 19.5. The molecule has 35 heavy (non-hydrogen) atoms. The number of hydrogen-bond acceptors (Lipinski definition) is 7. The molecule has 1 atom stereocenters. The van der Waals surface area contributed by atoms with E-state index in [0.29, 0.717) is 13.0 Å². The van der Waals surface area contributed by atoms with Crippen LogP contribution in [-0.2, 0) is 9.59 Å². The summed E-state index contributed by atoms with van der Waals surface area (Å²) in [6.07, 6.45) is 2.05. The van der Waals surface area contributed by atoms with E-state index in [-0.39, 0.29) is 6.54 Å². The van der Waals surface area contributed by atoms with E-state index in [0.717, 1.165) is 51.7 Å². The lowest BCUT2D eigenvalue weighted by molar-refractivity contribution is -0.130. The van der Waals surface area contributed by atoms with Crippen LogP contribution in [0, 0.1) is 0 Å². The number of para-hydroxylation sites is 2. The third kappa shape index (κ3) is 6.11. The summed E-state index contributed by atoms with van der Waals surface area (Å²) >= 11 is 0. The molecule has 0 bridgehead atoms. The lowest BCUT2D eigenvalue weighted by Gasteiger charge is -2.14. The maximum atomic E-state index is 12.1. The van der Waals surface area contributed by atoms with Crippen molar-refractivity contribution in [2.45, 2.75) is 25.3 Å². The van der Waals surface area contributed by atoms with Crippen LogP contribution in [0.2, 0.25) is 0 Å². The Morgan fingerprint density at radius 2 is 1.43 bits per heavy atom. The molecular formula is C27H30N6O2. The molecule has 0 saturated heterocycles. The van der Waals surface area contributed by atoms with Gasteiger partial charge in [-0.3, -0.25) is 14.9 Å². The number of rotatable bonds is 10. The summed E-state index contributed by atoms with van der Waals surface area (Å²) in [5, 5.41) is 11.0. The molecule has 8 nitrogen and oxygen atoms in total. The van der Waals surface area contributed by atoms with Crippen LogP contribution in [0.1, 0.15) is 19.3 Å². The summed E-state index contributed by atoms with van der Waals surface area (Å²) < 4.78 is 0. The molecule has 4 aromatic rings. The average Bonchev–Trinajstić information content (AvgIpc) is 2.88. The van der Waals surface area contributed by atoms with Gasteiger partial charge in [-0.25, -0.2) is 4.98 Å². The molecule has 180 valence electrons. The molecule has 8 heteroatoms. The molecule has 0 saturated carbocycles. The van der Waals surface area contributed by atoms with Crippen molar-refractivity contribution in [2.24, 2.45) is 11.5 Å². The molecule has 3 aromatic carbocycles. The second kappa shape index (κ2) is 11.4.